The Hall–Kier alpha value is -4.53. The molecule has 68 heavy (non-hydrogen) atoms. The first kappa shape index (κ1) is 52.8. The van der Waals surface area contributed by atoms with Gasteiger partial charge in [-0.05, 0) is 76.0 Å². The maximum absolute atomic E-state index is 14.3. The number of benzene rings is 1. The summed E-state index contributed by atoms with van der Waals surface area (Å²) in [6.45, 7) is 6.14. The van der Waals surface area contributed by atoms with Gasteiger partial charge in [0.1, 0.15) is 23.9 Å². The van der Waals surface area contributed by atoms with Crippen LogP contribution >= 0.6 is 23.4 Å². The van der Waals surface area contributed by atoms with Crippen molar-refractivity contribution in [1.29, 1.82) is 0 Å². The highest BCUT2D eigenvalue weighted by Crippen LogP contribution is 2.49. The Kier molecular flexibility index (Phi) is 17.1. The highest BCUT2D eigenvalue weighted by Gasteiger charge is 2.64. The predicted octanol–water partition coefficient (Wildman–Crippen LogP) is 3.64. The molecule has 9 atom stereocenters. The van der Waals surface area contributed by atoms with E-state index in [9.17, 15) is 48.9 Å². The molecule has 3 saturated heterocycles. The third-order valence-electron chi connectivity index (χ3n) is 14.5. The topological polar surface area (TPSA) is 245 Å². The number of carbonyl (C=O) groups excluding carboxylic acids is 7. The van der Waals surface area contributed by atoms with Crippen LogP contribution in [0.15, 0.2) is 35.9 Å². The van der Waals surface area contributed by atoms with Gasteiger partial charge in [0.2, 0.25) is 29.5 Å². The number of anilines is 1. The number of esters is 1. The fourth-order valence-electron chi connectivity index (χ4n) is 9.82. The van der Waals surface area contributed by atoms with Crippen molar-refractivity contribution in [3.05, 3.63) is 52.1 Å². The molecule has 0 radical (unpaired) electrons. The van der Waals surface area contributed by atoms with Crippen LogP contribution in [0.2, 0.25) is 5.02 Å². The Morgan fingerprint density at radius 3 is 2.49 bits per heavy atom. The summed E-state index contributed by atoms with van der Waals surface area (Å²) < 4.78 is 18.1. The number of halogens is 1. The number of likely N-dealkylation sites (N-methyl/N-ethyl adjacent to an activating group) is 1. The van der Waals surface area contributed by atoms with Crippen molar-refractivity contribution in [1.82, 2.24) is 20.4 Å². The van der Waals surface area contributed by atoms with E-state index in [0.717, 1.165) is 24.0 Å². The molecule has 0 spiro atoms. The first-order valence-electron chi connectivity index (χ1n) is 23.3. The number of aliphatic hydroxyl groups excluding tert-OH is 2. The molecule has 1 unspecified atom stereocenters. The van der Waals surface area contributed by atoms with E-state index in [4.69, 9.17) is 25.8 Å². The quantitative estimate of drug-likeness (QED) is 0.114. The second kappa shape index (κ2) is 22.0. The largest absolute Gasteiger partial charge is 0.457 e. The van der Waals surface area contributed by atoms with Crippen LogP contribution in [0, 0.1) is 23.7 Å². The number of alkyl carbamates (subject to hydrolysis) is 1. The molecular formula is C48H68ClN5O13S. The molecule has 6 rings (SSSR count). The van der Waals surface area contributed by atoms with Crippen LogP contribution in [0.3, 0.4) is 0 Å². The van der Waals surface area contributed by atoms with Crippen molar-refractivity contribution in [3.8, 4) is 0 Å². The molecule has 4 fully saturated rings. The summed E-state index contributed by atoms with van der Waals surface area (Å²) in [5.41, 5.74) is -0.980. The molecule has 4 heterocycles. The number of aliphatic hydroxyl groups is 3. The van der Waals surface area contributed by atoms with E-state index >= 15 is 0 Å². The fourth-order valence-corrected chi connectivity index (χ4v) is 11.2. The average molecular weight is 991 g/mol. The van der Waals surface area contributed by atoms with E-state index in [1.807, 2.05) is 6.92 Å². The van der Waals surface area contributed by atoms with E-state index in [1.165, 1.54) is 47.5 Å². The first-order valence-corrected chi connectivity index (χ1v) is 24.7. The molecule has 6 amide bonds. The van der Waals surface area contributed by atoms with Gasteiger partial charge in [0.25, 0.3) is 0 Å². The maximum Gasteiger partial charge on any atom is 0.409 e. The molecule has 5 N–H and O–H groups in total. The number of nitrogens with one attached hydrogen (secondary N) is 2. The van der Waals surface area contributed by atoms with Gasteiger partial charge < -0.3 is 44.6 Å². The second-order valence-electron chi connectivity index (χ2n) is 19.1. The van der Waals surface area contributed by atoms with E-state index < -0.39 is 96.3 Å². The predicted molar refractivity (Wildman–Crippen MR) is 254 cm³/mol. The van der Waals surface area contributed by atoms with Crippen LogP contribution in [-0.2, 0) is 56.0 Å². The molecule has 0 aromatic heterocycles. The molecule has 5 aliphatic rings. The fraction of sp³-hybridized carbons (Fsp3) is 0.646. The van der Waals surface area contributed by atoms with Crippen molar-refractivity contribution in [2.24, 2.45) is 23.7 Å². The van der Waals surface area contributed by atoms with Crippen LogP contribution in [0.1, 0.15) is 91.6 Å². The molecule has 1 saturated carbocycles. The number of hydrogen-bond donors (Lipinski definition) is 5. The number of imide groups is 1. The molecular weight excluding hydrogens is 922 g/mol. The van der Waals surface area contributed by atoms with Crippen molar-refractivity contribution < 1.29 is 64.5 Å². The first-order chi connectivity index (χ1) is 32.1. The summed E-state index contributed by atoms with van der Waals surface area (Å²) in [5.74, 6) is -3.61. The summed E-state index contributed by atoms with van der Waals surface area (Å²) >= 11 is 7.98. The van der Waals surface area contributed by atoms with Crippen molar-refractivity contribution >= 4 is 70.6 Å². The number of hydrogen-bond acceptors (Lipinski definition) is 14. The molecule has 20 heteroatoms. The van der Waals surface area contributed by atoms with Gasteiger partial charge in [-0.3, -0.25) is 34.2 Å². The number of ether oxygens (including phenoxy) is 3. The molecule has 1 aromatic rings. The van der Waals surface area contributed by atoms with Gasteiger partial charge in [0, 0.05) is 71.9 Å². The zero-order valence-electron chi connectivity index (χ0n) is 39.8. The van der Waals surface area contributed by atoms with Crippen LogP contribution in [0.25, 0.3) is 0 Å². The minimum absolute atomic E-state index is 0. The lowest BCUT2D eigenvalue weighted by Crippen LogP contribution is -2.62. The SMILES string of the molecule is CNC(=O)C1CCC(CN2C(=O)CC(SCCC(=O)N(C)[C@@H](C)C(=O)O[C@H]3CC(=O)N(C)c4cc(cc(CO)c4Cl)C/C(C)=C/C=C/[C@@H](CO)[C@@]4(O)C[C@H](OC(=O)N4)[C@@H](C)[C@@H]4O[C@@]34C)C2=O)CC1.[HH]. The number of epoxide rings is 1. The molecule has 1 aliphatic carbocycles. The number of allylic oxidation sites excluding steroid dienone is 3. The second-order valence-corrected chi connectivity index (χ2v) is 20.8. The zero-order valence-corrected chi connectivity index (χ0v) is 41.4. The Balaban J connectivity index is 0.00000888. The molecule has 376 valence electrons. The van der Waals surface area contributed by atoms with E-state index in [0.29, 0.717) is 37.1 Å². The van der Waals surface area contributed by atoms with Crippen molar-refractivity contribution in [3.63, 3.8) is 0 Å². The monoisotopic (exact) mass is 989 g/mol. The molecule has 4 bridgehead atoms. The lowest BCUT2D eigenvalue weighted by atomic mass is 9.81. The smallest absolute Gasteiger partial charge is 0.409 e. The minimum atomic E-state index is -1.91. The third kappa shape index (κ3) is 11.7. The van der Waals surface area contributed by atoms with Crippen molar-refractivity contribution in [2.75, 3.05) is 44.9 Å². The van der Waals surface area contributed by atoms with Crippen LogP contribution in [-0.4, -0.2) is 148 Å². The van der Waals surface area contributed by atoms with E-state index in [1.54, 1.807) is 51.3 Å². The standard InChI is InChI=1S/C48H66ClN5O13S.H2/c1-26-9-8-10-33(25-56)48(64)22-35(65-46(63)51-48)27(2)42-47(4,67-42)37(21-39(58)53(7)34-19-30(17-26)18-32(24-55)41(34)49)66-45(62)28(3)52(6)38(57)15-16-68-36-20-40(59)54(44(36)61)23-29-11-13-31(14-12-29)43(60)50-5;/h8-10,18-19,27-29,31,33,35-37,42,55-56,64H,11-17,20-25H2,1-7H3,(H,50,60)(H,51,63);1H/b10-8+,26-9+;/t27-,28+,29?,31?,33+,35+,36?,37+,42+,47+,48+;/m1./s1. The molecule has 1 aromatic carbocycles. The Bertz CT molecular complexity index is 2190. The minimum Gasteiger partial charge on any atom is -0.457 e. The number of amides is 6. The van der Waals surface area contributed by atoms with Crippen LogP contribution in [0.5, 0.6) is 0 Å². The Morgan fingerprint density at radius 1 is 1.12 bits per heavy atom. The number of carbonyl (C=O) groups is 7. The van der Waals surface area contributed by atoms with E-state index in [2.05, 4.69) is 10.6 Å². The lowest BCUT2D eigenvalue weighted by molar-refractivity contribution is -0.162. The van der Waals surface area contributed by atoms with Crippen LogP contribution < -0.4 is 15.5 Å². The Morgan fingerprint density at radius 2 is 1.82 bits per heavy atom. The van der Waals surface area contributed by atoms with Gasteiger partial charge in [-0.1, -0.05) is 48.4 Å². The zero-order chi connectivity index (χ0) is 49.8. The molecule has 18 nitrogen and oxygen atoms in total. The average Bonchev–Trinajstić information content (AvgIpc) is 3.94. The van der Waals surface area contributed by atoms with Gasteiger partial charge in [-0.2, -0.15) is 0 Å². The Labute approximate surface area is 407 Å². The van der Waals surface area contributed by atoms with Gasteiger partial charge in [-0.25, -0.2) is 9.59 Å². The normalized spacial score (nSPS) is 32.8. The van der Waals surface area contributed by atoms with Gasteiger partial charge in [0.05, 0.1) is 41.7 Å². The summed E-state index contributed by atoms with van der Waals surface area (Å²) in [5, 5.41) is 37.1. The highest BCUT2D eigenvalue weighted by atomic mass is 35.5. The summed E-state index contributed by atoms with van der Waals surface area (Å²) in [6, 6.07) is 2.31. The lowest BCUT2D eigenvalue weighted by Gasteiger charge is -2.42. The summed E-state index contributed by atoms with van der Waals surface area (Å²) in [4.78, 5) is 97.0. The number of nitrogens with zero attached hydrogens (tertiary/aromatic N) is 3. The van der Waals surface area contributed by atoms with Gasteiger partial charge in [0.15, 0.2) is 5.72 Å². The van der Waals surface area contributed by atoms with Gasteiger partial charge in [-0.15, -0.1) is 11.8 Å². The number of thioether (sulfide) groups is 1. The number of fused-ring (bicyclic) bond motifs is 5. The van der Waals surface area contributed by atoms with Gasteiger partial charge >= 0.3 is 12.1 Å². The van der Waals surface area contributed by atoms with E-state index in [-0.39, 0.29) is 61.0 Å². The third-order valence-corrected chi connectivity index (χ3v) is 16.1. The van der Waals surface area contributed by atoms with Crippen molar-refractivity contribution in [2.45, 2.75) is 133 Å². The van der Waals surface area contributed by atoms with Crippen LogP contribution in [0.4, 0.5) is 10.5 Å². The highest BCUT2D eigenvalue weighted by molar-refractivity contribution is 8.00. The maximum atomic E-state index is 14.3. The number of rotatable bonds is 12. The number of likely N-dealkylation sites (tertiary alicyclic amines) is 1. The summed E-state index contributed by atoms with van der Waals surface area (Å²) in [6.07, 6.45) is 3.89. The summed E-state index contributed by atoms with van der Waals surface area (Å²) in [7, 11) is 4.58. The molecule has 4 aliphatic heterocycles.